The maximum absolute atomic E-state index is 12.9. The van der Waals surface area contributed by atoms with Crippen LogP contribution in [0.2, 0.25) is 5.02 Å². The Bertz CT molecular complexity index is 1940. The van der Waals surface area contributed by atoms with E-state index in [2.05, 4.69) is 15.6 Å². The van der Waals surface area contributed by atoms with Crippen LogP contribution in [0.5, 0.6) is 0 Å². The lowest BCUT2D eigenvalue weighted by atomic mass is 10.1. The summed E-state index contributed by atoms with van der Waals surface area (Å²) in [4.78, 5) is 36.7. The van der Waals surface area contributed by atoms with Crippen molar-refractivity contribution in [1.29, 1.82) is 0 Å². The fraction of sp³-hybridized carbons (Fsp3) is 0.143. The van der Waals surface area contributed by atoms with Gasteiger partial charge in [-0.2, -0.15) is 4.98 Å². The third-order valence-corrected chi connectivity index (χ3v) is 7.56. The third kappa shape index (κ3) is 7.05. The van der Waals surface area contributed by atoms with Crippen LogP contribution in [0.25, 0.3) is 28.3 Å². The van der Waals surface area contributed by atoms with Gasteiger partial charge in [0.25, 0.3) is 0 Å². The van der Waals surface area contributed by atoms with Gasteiger partial charge in [-0.3, -0.25) is 14.2 Å². The molecule has 226 valence electrons. The fourth-order valence-electron chi connectivity index (χ4n) is 4.95. The minimum atomic E-state index is -0.172. The predicted octanol–water partition coefficient (Wildman–Crippen LogP) is 7.15. The first-order chi connectivity index (χ1) is 21.8. The van der Waals surface area contributed by atoms with Crippen LogP contribution >= 0.6 is 11.6 Å². The van der Waals surface area contributed by atoms with Crippen molar-refractivity contribution in [3.63, 3.8) is 0 Å². The van der Waals surface area contributed by atoms with E-state index >= 15 is 0 Å². The quantitative estimate of drug-likeness (QED) is 0.169. The Hall–Kier alpha value is -5.41. The van der Waals surface area contributed by atoms with Gasteiger partial charge in [-0.05, 0) is 66.2 Å². The molecule has 0 spiro atoms. The third-order valence-electron chi connectivity index (χ3n) is 7.31. The summed E-state index contributed by atoms with van der Waals surface area (Å²) in [5, 5.41) is 6.47. The largest absolute Gasteiger partial charge is 0.427 e. The zero-order valence-corrected chi connectivity index (χ0v) is 25.6. The van der Waals surface area contributed by atoms with E-state index in [-0.39, 0.29) is 24.7 Å². The van der Waals surface area contributed by atoms with E-state index in [1.807, 2.05) is 91.8 Å². The number of anilines is 3. The van der Waals surface area contributed by atoms with E-state index in [0.29, 0.717) is 34.6 Å². The lowest BCUT2D eigenvalue weighted by molar-refractivity contribution is -0.116. The number of halogens is 1. The second-order valence-corrected chi connectivity index (χ2v) is 11.2. The van der Waals surface area contributed by atoms with Crippen LogP contribution in [-0.4, -0.2) is 40.4 Å². The molecular weight excluding hydrogens is 588 g/mol. The highest BCUT2D eigenvalue weighted by Crippen LogP contribution is 2.29. The molecule has 0 aliphatic rings. The van der Waals surface area contributed by atoms with Gasteiger partial charge < -0.3 is 20.0 Å². The SMILES string of the molecule is CN(C)c1ccc(NC(=O)Cc2ccc(NC(=O)CCc3oc(-n4cnc5ccccc54)nc3-c3ccc(Cl)cc3)cc2)cc1. The van der Waals surface area contributed by atoms with E-state index < -0.39 is 0 Å². The summed E-state index contributed by atoms with van der Waals surface area (Å²) in [6, 6.07) is 30.4. The van der Waals surface area contributed by atoms with Crippen LogP contribution in [0.1, 0.15) is 17.7 Å². The summed E-state index contributed by atoms with van der Waals surface area (Å²) in [5.41, 5.74) is 6.44. The first-order valence-corrected chi connectivity index (χ1v) is 14.8. The normalized spacial score (nSPS) is 11.0. The summed E-state index contributed by atoms with van der Waals surface area (Å²) in [5.74, 6) is 0.295. The molecule has 2 amide bonds. The molecule has 0 fully saturated rings. The zero-order valence-electron chi connectivity index (χ0n) is 24.8. The smallest absolute Gasteiger partial charge is 0.308 e. The van der Waals surface area contributed by atoms with E-state index in [0.717, 1.165) is 33.5 Å². The highest BCUT2D eigenvalue weighted by atomic mass is 35.5. The van der Waals surface area contributed by atoms with Crippen LogP contribution in [0, 0.1) is 0 Å². The molecule has 0 saturated heterocycles. The molecule has 6 rings (SSSR count). The van der Waals surface area contributed by atoms with E-state index in [4.69, 9.17) is 21.0 Å². The standard InChI is InChI=1S/C35H31ClN6O3/c1-41(2)28-17-15-27(16-18-28)39-33(44)21-23-7-13-26(14-8-23)38-32(43)20-19-31-34(24-9-11-25(36)12-10-24)40-35(45-31)42-22-37-29-5-3-4-6-30(29)42/h3-18,22H,19-21H2,1-2H3,(H,38,43)(H,39,44). The minimum Gasteiger partial charge on any atom is -0.427 e. The van der Waals surface area contributed by atoms with Gasteiger partial charge in [0.1, 0.15) is 17.8 Å². The van der Waals surface area contributed by atoms with Crippen molar-refractivity contribution in [3.8, 4) is 17.3 Å². The number of para-hydroxylation sites is 2. The van der Waals surface area contributed by atoms with Crippen molar-refractivity contribution in [2.24, 2.45) is 0 Å². The van der Waals surface area contributed by atoms with Crippen molar-refractivity contribution in [2.75, 3.05) is 29.6 Å². The number of fused-ring (bicyclic) bond motifs is 1. The highest BCUT2D eigenvalue weighted by molar-refractivity contribution is 6.30. The van der Waals surface area contributed by atoms with Gasteiger partial charge in [-0.1, -0.05) is 48.0 Å². The van der Waals surface area contributed by atoms with Gasteiger partial charge in [-0.25, -0.2) is 4.98 Å². The number of aromatic nitrogens is 3. The van der Waals surface area contributed by atoms with Crippen molar-refractivity contribution in [2.45, 2.75) is 19.3 Å². The van der Waals surface area contributed by atoms with Gasteiger partial charge in [0, 0.05) is 54.6 Å². The summed E-state index contributed by atoms with van der Waals surface area (Å²) < 4.78 is 8.02. The average molecular weight is 619 g/mol. The minimum absolute atomic E-state index is 0.115. The van der Waals surface area contributed by atoms with Gasteiger partial charge in [0.2, 0.25) is 11.8 Å². The lowest BCUT2D eigenvalue weighted by Gasteiger charge is -2.13. The Morgan fingerprint density at radius 3 is 2.22 bits per heavy atom. The molecule has 0 radical (unpaired) electrons. The molecule has 4 aromatic carbocycles. The Morgan fingerprint density at radius 1 is 0.844 bits per heavy atom. The van der Waals surface area contributed by atoms with Crippen LogP contribution < -0.4 is 15.5 Å². The predicted molar refractivity (Wildman–Crippen MR) is 178 cm³/mol. The monoisotopic (exact) mass is 618 g/mol. The second-order valence-electron chi connectivity index (χ2n) is 10.8. The Morgan fingerprint density at radius 2 is 1.51 bits per heavy atom. The van der Waals surface area contributed by atoms with E-state index in [1.165, 1.54) is 0 Å². The number of aryl methyl sites for hydroxylation is 1. The first kappa shape index (κ1) is 29.7. The number of hydrogen-bond donors (Lipinski definition) is 2. The molecule has 0 aliphatic carbocycles. The number of nitrogens with zero attached hydrogens (tertiary/aromatic N) is 4. The van der Waals surface area contributed by atoms with Crippen LogP contribution in [0.3, 0.4) is 0 Å². The number of benzene rings is 4. The number of rotatable bonds is 10. The molecule has 2 heterocycles. The molecule has 0 aliphatic heterocycles. The van der Waals surface area contributed by atoms with Gasteiger partial charge in [0.15, 0.2) is 0 Å². The topological polar surface area (TPSA) is 105 Å². The van der Waals surface area contributed by atoms with Gasteiger partial charge in [0.05, 0.1) is 17.5 Å². The van der Waals surface area contributed by atoms with Crippen molar-refractivity contribution in [1.82, 2.24) is 14.5 Å². The molecular formula is C35H31ClN6O3. The summed E-state index contributed by atoms with van der Waals surface area (Å²) in [6.45, 7) is 0. The molecule has 0 atom stereocenters. The van der Waals surface area contributed by atoms with E-state index in [9.17, 15) is 9.59 Å². The number of oxazole rings is 1. The van der Waals surface area contributed by atoms with E-state index in [1.54, 1.807) is 35.2 Å². The Balaban J connectivity index is 1.09. The fourth-order valence-corrected chi connectivity index (χ4v) is 5.07. The Kier molecular flexibility index (Phi) is 8.61. The maximum Gasteiger partial charge on any atom is 0.308 e. The average Bonchev–Trinajstić information content (AvgIpc) is 3.66. The van der Waals surface area contributed by atoms with Crippen molar-refractivity contribution < 1.29 is 14.0 Å². The number of amides is 2. The van der Waals surface area contributed by atoms with Crippen LogP contribution in [-0.2, 0) is 22.4 Å². The zero-order chi connectivity index (χ0) is 31.3. The summed E-state index contributed by atoms with van der Waals surface area (Å²) >= 11 is 6.12. The number of carbonyl (C=O) groups is 2. The molecule has 2 N–H and O–H groups in total. The summed E-state index contributed by atoms with van der Waals surface area (Å²) in [6.07, 6.45) is 2.40. The number of hydrogen-bond acceptors (Lipinski definition) is 6. The Labute approximate surface area is 265 Å². The van der Waals surface area contributed by atoms with Crippen LogP contribution in [0.4, 0.5) is 17.1 Å². The second kappa shape index (κ2) is 13.1. The van der Waals surface area contributed by atoms with Crippen LogP contribution in [0.15, 0.2) is 108 Å². The molecule has 0 saturated carbocycles. The number of nitrogens with one attached hydrogen (secondary N) is 2. The lowest BCUT2D eigenvalue weighted by Crippen LogP contribution is -2.15. The molecule has 0 unspecified atom stereocenters. The highest BCUT2D eigenvalue weighted by Gasteiger charge is 2.19. The van der Waals surface area contributed by atoms with Gasteiger partial charge >= 0.3 is 6.01 Å². The molecule has 6 aromatic rings. The molecule has 9 nitrogen and oxygen atoms in total. The van der Waals surface area contributed by atoms with Gasteiger partial charge in [-0.15, -0.1) is 0 Å². The molecule has 10 heteroatoms. The number of carbonyl (C=O) groups excluding carboxylic acids is 2. The summed E-state index contributed by atoms with van der Waals surface area (Å²) in [7, 11) is 3.93. The molecule has 0 bridgehead atoms. The number of imidazole rings is 1. The van der Waals surface area contributed by atoms with Crippen molar-refractivity contribution >= 4 is 51.5 Å². The maximum atomic E-state index is 12.9. The molecule has 45 heavy (non-hydrogen) atoms. The molecule has 2 aromatic heterocycles. The van der Waals surface area contributed by atoms with Crippen molar-refractivity contribution in [3.05, 3.63) is 120 Å². The first-order valence-electron chi connectivity index (χ1n) is 14.5.